The van der Waals surface area contributed by atoms with Gasteiger partial charge in [-0.25, -0.2) is 9.59 Å². The van der Waals surface area contributed by atoms with Crippen molar-refractivity contribution in [2.24, 2.45) is 0 Å². The number of nitrogens with one attached hydrogen (secondary N) is 1. The summed E-state index contributed by atoms with van der Waals surface area (Å²) >= 11 is 0. The topological polar surface area (TPSA) is 111 Å². The van der Waals surface area contributed by atoms with Crippen molar-refractivity contribution in [2.45, 2.75) is 45.8 Å². The number of carboxylic acid groups (broad SMARTS) is 1. The molecule has 0 aromatic carbocycles. The Labute approximate surface area is 122 Å². The highest BCUT2D eigenvalue weighted by Gasteiger charge is 2.27. The maximum Gasteiger partial charge on any atom is 0.408 e. The molecule has 1 aromatic rings. The second-order valence-corrected chi connectivity index (χ2v) is 5.48. The minimum Gasteiger partial charge on any atom is -0.480 e. The van der Waals surface area contributed by atoms with Gasteiger partial charge in [0.15, 0.2) is 0 Å². The van der Waals surface area contributed by atoms with E-state index in [0.717, 1.165) is 0 Å². The largest absolute Gasteiger partial charge is 0.480 e. The summed E-state index contributed by atoms with van der Waals surface area (Å²) in [6.07, 6.45) is -0.865. The second kappa shape index (κ2) is 6.47. The fourth-order valence-corrected chi connectivity index (χ4v) is 1.57. The van der Waals surface area contributed by atoms with E-state index in [1.54, 1.807) is 27.7 Å². The summed E-state index contributed by atoms with van der Waals surface area (Å²) < 4.78 is 15.0. The average Bonchev–Trinajstić information content (AvgIpc) is 2.67. The molecule has 1 atom stereocenters. The predicted molar refractivity (Wildman–Crippen MR) is 72.3 cm³/mol. The third kappa shape index (κ3) is 4.97. The maximum atomic E-state index is 11.6. The van der Waals surface area contributed by atoms with Gasteiger partial charge < -0.3 is 24.4 Å². The van der Waals surface area contributed by atoms with Gasteiger partial charge in [0.1, 0.15) is 17.4 Å². The number of alkyl carbamates (subject to hydrolysis) is 1. The molecule has 1 rings (SSSR count). The summed E-state index contributed by atoms with van der Waals surface area (Å²) in [5.74, 6) is -0.586. The standard InChI is InChI=1S/C13H20N2O6/c1-7-9(21-15-10(7)19-5)6-8(11(16)17)14-12(18)20-13(2,3)4/h8H,6H2,1-5H3,(H,14,18)(H,16,17). The zero-order chi connectivity index (χ0) is 16.2. The lowest BCUT2D eigenvalue weighted by atomic mass is 10.1. The summed E-state index contributed by atoms with van der Waals surface area (Å²) in [4.78, 5) is 22.9. The Morgan fingerprint density at radius 1 is 1.43 bits per heavy atom. The molecule has 1 amide bonds. The molecule has 2 N–H and O–H groups in total. The molecule has 0 aliphatic carbocycles. The second-order valence-electron chi connectivity index (χ2n) is 5.48. The fraction of sp³-hybridized carbons (Fsp3) is 0.615. The number of nitrogens with zero attached hydrogens (tertiary/aromatic N) is 1. The van der Waals surface area contributed by atoms with Gasteiger partial charge in [0, 0.05) is 6.42 Å². The number of aromatic nitrogens is 1. The van der Waals surface area contributed by atoms with Gasteiger partial charge in [0.2, 0.25) is 0 Å². The molecule has 21 heavy (non-hydrogen) atoms. The van der Waals surface area contributed by atoms with Gasteiger partial charge in [-0.2, -0.15) is 0 Å². The number of hydrogen-bond donors (Lipinski definition) is 2. The van der Waals surface area contributed by atoms with Crippen LogP contribution in [-0.4, -0.2) is 41.1 Å². The van der Waals surface area contributed by atoms with Crippen molar-refractivity contribution in [1.29, 1.82) is 0 Å². The van der Waals surface area contributed by atoms with Crippen molar-refractivity contribution in [2.75, 3.05) is 7.11 Å². The highest BCUT2D eigenvalue weighted by atomic mass is 16.6. The van der Waals surface area contributed by atoms with Crippen molar-refractivity contribution < 1.29 is 28.7 Å². The highest BCUT2D eigenvalue weighted by Crippen LogP contribution is 2.21. The first-order valence-corrected chi connectivity index (χ1v) is 6.35. The van der Waals surface area contributed by atoms with E-state index in [1.807, 2.05) is 0 Å². The van der Waals surface area contributed by atoms with Gasteiger partial charge >= 0.3 is 12.1 Å². The quantitative estimate of drug-likeness (QED) is 0.847. The van der Waals surface area contributed by atoms with Crippen molar-refractivity contribution >= 4 is 12.1 Å². The van der Waals surface area contributed by atoms with Crippen molar-refractivity contribution in [3.8, 4) is 5.88 Å². The summed E-state index contributed by atoms with van der Waals surface area (Å²) in [7, 11) is 1.43. The Hall–Kier alpha value is -2.25. The van der Waals surface area contributed by atoms with E-state index in [0.29, 0.717) is 11.3 Å². The van der Waals surface area contributed by atoms with Crippen LogP contribution in [-0.2, 0) is 16.0 Å². The normalized spacial score (nSPS) is 12.6. The number of ether oxygens (including phenoxy) is 2. The number of hydrogen-bond acceptors (Lipinski definition) is 6. The van der Waals surface area contributed by atoms with E-state index in [2.05, 4.69) is 10.5 Å². The Morgan fingerprint density at radius 3 is 2.48 bits per heavy atom. The van der Waals surface area contributed by atoms with Gasteiger partial charge in [0.05, 0.1) is 12.7 Å². The minimum atomic E-state index is -1.20. The van der Waals surface area contributed by atoms with Crippen molar-refractivity contribution in [3.63, 3.8) is 0 Å². The van der Waals surface area contributed by atoms with Crippen LogP contribution >= 0.6 is 0 Å². The molecule has 0 aliphatic heterocycles. The first kappa shape index (κ1) is 16.8. The molecule has 0 spiro atoms. The third-order valence-corrected chi connectivity index (χ3v) is 2.55. The minimum absolute atomic E-state index is 0.0588. The molecule has 1 aromatic heterocycles. The molecule has 0 bridgehead atoms. The van der Waals surface area contributed by atoms with Gasteiger partial charge in [-0.05, 0) is 32.9 Å². The molecular formula is C13H20N2O6. The van der Waals surface area contributed by atoms with E-state index >= 15 is 0 Å². The van der Waals surface area contributed by atoms with E-state index in [1.165, 1.54) is 7.11 Å². The molecule has 8 heteroatoms. The summed E-state index contributed by atoms with van der Waals surface area (Å²) in [6.45, 7) is 6.76. The lowest BCUT2D eigenvalue weighted by Crippen LogP contribution is -2.44. The Bertz CT molecular complexity index is 517. The molecule has 0 saturated heterocycles. The molecule has 0 aliphatic rings. The molecular weight excluding hydrogens is 280 g/mol. The summed E-state index contributed by atoms with van der Waals surface area (Å²) in [5, 5.41) is 15.1. The molecule has 8 nitrogen and oxygen atoms in total. The molecule has 1 unspecified atom stereocenters. The Morgan fingerprint density at radius 2 is 2.05 bits per heavy atom. The van der Waals surface area contributed by atoms with Crippen LogP contribution in [0.5, 0.6) is 5.88 Å². The fourth-order valence-electron chi connectivity index (χ4n) is 1.57. The SMILES string of the molecule is COc1noc(CC(NC(=O)OC(C)(C)C)C(=O)O)c1C. The highest BCUT2D eigenvalue weighted by molar-refractivity contribution is 5.80. The number of carbonyl (C=O) groups is 2. The van der Waals surface area contributed by atoms with Crippen LogP contribution in [0.4, 0.5) is 4.79 Å². The summed E-state index contributed by atoms with van der Waals surface area (Å²) in [6, 6.07) is -1.18. The van der Waals surface area contributed by atoms with Crippen molar-refractivity contribution in [3.05, 3.63) is 11.3 Å². The van der Waals surface area contributed by atoms with E-state index in [-0.39, 0.29) is 12.3 Å². The molecule has 1 heterocycles. The van der Waals surface area contributed by atoms with Gasteiger partial charge in [0.25, 0.3) is 5.88 Å². The van der Waals surface area contributed by atoms with Crippen LogP contribution in [0, 0.1) is 6.92 Å². The average molecular weight is 300 g/mol. The Kier molecular flexibility index (Phi) is 5.17. The smallest absolute Gasteiger partial charge is 0.408 e. The first-order chi connectivity index (χ1) is 9.64. The van der Waals surface area contributed by atoms with Crippen LogP contribution in [0.25, 0.3) is 0 Å². The van der Waals surface area contributed by atoms with Crippen LogP contribution in [0.1, 0.15) is 32.1 Å². The number of carbonyl (C=O) groups excluding carboxylic acids is 1. The number of carboxylic acids is 1. The Balaban J connectivity index is 2.76. The molecule has 0 fully saturated rings. The van der Waals surface area contributed by atoms with Crippen LogP contribution in [0.3, 0.4) is 0 Å². The molecule has 118 valence electrons. The predicted octanol–water partition coefficient (Wildman–Crippen LogP) is 1.51. The zero-order valence-electron chi connectivity index (χ0n) is 12.7. The number of rotatable bonds is 5. The third-order valence-electron chi connectivity index (χ3n) is 2.55. The number of amides is 1. The first-order valence-electron chi connectivity index (χ1n) is 6.35. The van der Waals surface area contributed by atoms with Crippen LogP contribution in [0.2, 0.25) is 0 Å². The molecule has 0 saturated carbocycles. The van der Waals surface area contributed by atoms with Gasteiger partial charge in [-0.15, -0.1) is 0 Å². The summed E-state index contributed by atoms with van der Waals surface area (Å²) in [5.41, 5.74) is -0.117. The zero-order valence-corrected chi connectivity index (χ0v) is 12.7. The van der Waals surface area contributed by atoms with E-state index < -0.39 is 23.7 Å². The number of aliphatic carboxylic acids is 1. The number of methoxy groups -OCH3 is 1. The lowest BCUT2D eigenvalue weighted by Gasteiger charge is -2.21. The monoisotopic (exact) mass is 300 g/mol. The van der Waals surface area contributed by atoms with E-state index in [4.69, 9.17) is 14.0 Å². The van der Waals surface area contributed by atoms with Crippen LogP contribution < -0.4 is 10.1 Å². The molecule has 0 radical (unpaired) electrons. The van der Waals surface area contributed by atoms with E-state index in [9.17, 15) is 14.7 Å². The lowest BCUT2D eigenvalue weighted by molar-refractivity contribution is -0.139. The van der Waals surface area contributed by atoms with Gasteiger partial charge in [-0.3, -0.25) is 0 Å². The van der Waals surface area contributed by atoms with Crippen LogP contribution in [0.15, 0.2) is 4.52 Å². The van der Waals surface area contributed by atoms with Gasteiger partial charge in [-0.1, -0.05) is 0 Å². The maximum absolute atomic E-state index is 11.6. The van der Waals surface area contributed by atoms with Crippen molar-refractivity contribution in [1.82, 2.24) is 10.5 Å².